The highest BCUT2D eigenvalue weighted by Gasteiger charge is 2.15. The lowest BCUT2D eigenvalue weighted by molar-refractivity contribution is 0.204. The number of aryl methyl sites for hydroxylation is 1. The molecule has 0 aromatic heterocycles. The van der Waals surface area contributed by atoms with Gasteiger partial charge in [-0.25, -0.2) is 0 Å². The maximum Gasteiger partial charge on any atom is 0.124 e. The van der Waals surface area contributed by atoms with Gasteiger partial charge in [0.1, 0.15) is 5.75 Å². The molecule has 0 aliphatic carbocycles. The van der Waals surface area contributed by atoms with E-state index in [1.54, 1.807) is 7.11 Å². The standard InChI is InChI=1S/C12H17BrO2/c1-7-5-10(11(14)6-13)8(2)9(3)12(7)15-4/h5,11,14H,6H2,1-4H3. The summed E-state index contributed by atoms with van der Waals surface area (Å²) in [5.74, 6) is 0.915. The lowest BCUT2D eigenvalue weighted by atomic mass is 9.96. The molecule has 0 fully saturated rings. The van der Waals surface area contributed by atoms with Crippen LogP contribution in [-0.4, -0.2) is 17.5 Å². The molecule has 0 saturated heterocycles. The van der Waals surface area contributed by atoms with Crippen molar-refractivity contribution < 1.29 is 9.84 Å². The van der Waals surface area contributed by atoms with Gasteiger partial charge in [0, 0.05) is 5.33 Å². The Morgan fingerprint density at radius 1 is 1.33 bits per heavy atom. The molecule has 0 heterocycles. The van der Waals surface area contributed by atoms with Gasteiger partial charge in [0.15, 0.2) is 0 Å². The van der Waals surface area contributed by atoms with Crippen molar-refractivity contribution >= 4 is 15.9 Å². The number of aliphatic hydroxyl groups is 1. The van der Waals surface area contributed by atoms with E-state index in [2.05, 4.69) is 15.9 Å². The third kappa shape index (κ3) is 2.34. The predicted octanol–water partition coefficient (Wildman–Crippen LogP) is 3.05. The fourth-order valence-electron chi connectivity index (χ4n) is 1.83. The normalized spacial score (nSPS) is 12.7. The van der Waals surface area contributed by atoms with E-state index in [9.17, 15) is 5.11 Å². The number of halogens is 1. The van der Waals surface area contributed by atoms with Crippen LogP contribution in [-0.2, 0) is 0 Å². The fourth-order valence-corrected chi connectivity index (χ4v) is 2.18. The smallest absolute Gasteiger partial charge is 0.124 e. The molecule has 15 heavy (non-hydrogen) atoms. The third-order valence-corrected chi connectivity index (χ3v) is 3.39. The molecule has 0 spiro atoms. The Morgan fingerprint density at radius 2 is 1.93 bits per heavy atom. The number of rotatable bonds is 3. The van der Waals surface area contributed by atoms with Gasteiger partial charge in [-0.1, -0.05) is 15.9 Å². The monoisotopic (exact) mass is 272 g/mol. The van der Waals surface area contributed by atoms with E-state index < -0.39 is 6.10 Å². The molecular weight excluding hydrogens is 256 g/mol. The van der Waals surface area contributed by atoms with Crippen LogP contribution in [0.2, 0.25) is 0 Å². The van der Waals surface area contributed by atoms with Gasteiger partial charge in [-0.3, -0.25) is 0 Å². The summed E-state index contributed by atoms with van der Waals surface area (Å²) in [6, 6.07) is 1.99. The van der Waals surface area contributed by atoms with Crippen LogP contribution in [0.3, 0.4) is 0 Å². The summed E-state index contributed by atoms with van der Waals surface area (Å²) < 4.78 is 5.33. The average molecular weight is 273 g/mol. The second-order valence-corrected chi connectivity index (χ2v) is 4.38. The largest absolute Gasteiger partial charge is 0.496 e. The summed E-state index contributed by atoms with van der Waals surface area (Å²) in [5.41, 5.74) is 4.25. The van der Waals surface area contributed by atoms with Crippen LogP contribution in [0.5, 0.6) is 5.75 Å². The Morgan fingerprint density at radius 3 is 2.40 bits per heavy atom. The topological polar surface area (TPSA) is 29.5 Å². The Balaban J connectivity index is 3.33. The van der Waals surface area contributed by atoms with Gasteiger partial charge in [-0.2, -0.15) is 0 Å². The highest BCUT2D eigenvalue weighted by molar-refractivity contribution is 9.09. The molecule has 1 aromatic rings. The van der Waals surface area contributed by atoms with Crippen molar-refractivity contribution in [3.05, 3.63) is 28.3 Å². The van der Waals surface area contributed by atoms with Crippen molar-refractivity contribution in [2.24, 2.45) is 0 Å². The third-order valence-electron chi connectivity index (χ3n) is 2.78. The van der Waals surface area contributed by atoms with Crippen LogP contribution >= 0.6 is 15.9 Å². The van der Waals surface area contributed by atoms with E-state index in [1.165, 1.54) is 0 Å². The van der Waals surface area contributed by atoms with Crippen LogP contribution in [0.4, 0.5) is 0 Å². The Kier molecular flexibility index (Phi) is 4.17. The van der Waals surface area contributed by atoms with Gasteiger partial charge < -0.3 is 9.84 Å². The SMILES string of the molecule is COc1c(C)cc(C(O)CBr)c(C)c1C. The Bertz CT molecular complexity index is 361. The van der Waals surface area contributed by atoms with Crippen LogP contribution in [0.1, 0.15) is 28.4 Å². The van der Waals surface area contributed by atoms with Gasteiger partial charge in [0.05, 0.1) is 13.2 Å². The van der Waals surface area contributed by atoms with Gasteiger partial charge in [0.2, 0.25) is 0 Å². The van der Waals surface area contributed by atoms with Crippen LogP contribution in [0.25, 0.3) is 0 Å². The molecule has 84 valence electrons. The molecule has 0 saturated carbocycles. The van der Waals surface area contributed by atoms with E-state index in [0.717, 1.165) is 28.0 Å². The Labute approximate surface area is 99.4 Å². The molecule has 1 N–H and O–H groups in total. The fraction of sp³-hybridized carbons (Fsp3) is 0.500. The van der Waals surface area contributed by atoms with E-state index in [0.29, 0.717) is 5.33 Å². The van der Waals surface area contributed by atoms with Crippen LogP contribution < -0.4 is 4.74 Å². The summed E-state index contributed by atoms with van der Waals surface area (Å²) in [4.78, 5) is 0. The van der Waals surface area contributed by atoms with Crippen molar-refractivity contribution in [2.45, 2.75) is 26.9 Å². The minimum Gasteiger partial charge on any atom is -0.496 e. The van der Waals surface area contributed by atoms with E-state index in [4.69, 9.17) is 4.74 Å². The highest BCUT2D eigenvalue weighted by atomic mass is 79.9. The van der Waals surface area contributed by atoms with Crippen molar-refractivity contribution in [2.75, 3.05) is 12.4 Å². The average Bonchev–Trinajstić information content (AvgIpc) is 2.23. The second kappa shape index (κ2) is 4.99. The molecule has 1 aromatic carbocycles. The number of hydrogen-bond acceptors (Lipinski definition) is 2. The molecule has 1 unspecified atom stereocenters. The first-order chi connectivity index (χ1) is 7.02. The molecule has 2 nitrogen and oxygen atoms in total. The maximum atomic E-state index is 9.83. The first-order valence-corrected chi connectivity index (χ1v) is 6.03. The van der Waals surface area contributed by atoms with Gasteiger partial charge in [0.25, 0.3) is 0 Å². The zero-order valence-corrected chi connectivity index (χ0v) is 11.2. The van der Waals surface area contributed by atoms with Crippen LogP contribution in [0.15, 0.2) is 6.07 Å². The summed E-state index contributed by atoms with van der Waals surface area (Å²) in [5, 5.41) is 10.4. The van der Waals surface area contributed by atoms with Crippen molar-refractivity contribution in [1.82, 2.24) is 0 Å². The van der Waals surface area contributed by atoms with Gasteiger partial charge in [-0.05, 0) is 49.1 Å². The quantitative estimate of drug-likeness (QED) is 0.858. The first kappa shape index (κ1) is 12.5. The number of alkyl halides is 1. The molecule has 0 aliphatic heterocycles. The molecule has 3 heteroatoms. The number of methoxy groups -OCH3 is 1. The van der Waals surface area contributed by atoms with Crippen LogP contribution in [0, 0.1) is 20.8 Å². The van der Waals surface area contributed by atoms with Gasteiger partial charge >= 0.3 is 0 Å². The van der Waals surface area contributed by atoms with Crippen molar-refractivity contribution in [3.63, 3.8) is 0 Å². The van der Waals surface area contributed by atoms with Crippen molar-refractivity contribution in [3.8, 4) is 5.75 Å². The zero-order chi connectivity index (χ0) is 11.6. The number of aliphatic hydroxyl groups excluding tert-OH is 1. The molecule has 1 atom stereocenters. The maximum absolute atomic E-state index is 9.83. The minimum absolute atomic E-state index is 0.451. The molecule has 0 amide bonds. The molecular formula is C12H17BrO2. The first-order valence-electron chi connectivity index (χ1n) is 4.91. The van der Waals surface area contributed by atoms with E-state index in [-0.39, 0.29) is 0 Å². The Hall–Kier alpha value is -0.540. The van der Waals surface area contributed by atoms with E-state index in [1.807, 2.05) is 26.8 Å². The molecule has 0 bridgehead atoms. The second-order valence-electron chi connectivity index (χ2n) is 3.74. The number of benzene rings is 1. The lowest BCUT2D eigenvalue weighted by Crippen LogP contribution is -2.05. The van der Waals surface area contributed by atoms with E-state index >= 15 is 0 Å². The summed E-state index contributed by atoms with van der Waals surface area (Å²) in [6.45, 7) is 6.03. The highest BCUT2D eigenvalue weighted by Crippen LogP contribution is 2.31. The number of ether oxygens (including phenoxy) is 1. The number of hydrogen-bond donors (Lipinski definition) is 1. The lowest BCUT2D eigenvalue weighted by Gasteiger charge is -2.18. The summed E-state index contributed by atoms with van der Waals surface area (Å²) in [6.07, 6.45) is -0.451. The molecule has 1 rings (SSSR count). The minimum atomic E-state index is -0.451. The summed E-state index contributed by atoms with van der Waals surface area (Å²) >= 11 is 3.29. The molecule has 0 radical (unpaired) electrons. The molecule has 0 aliphatic rings. The predicted molar refractivity (Wildman–Crippen MR) is 66.0 cm³/mol. The summed E-state index contributed by atoms with van der Waals surface area (Å²) in [7, 11) is 1.68. The zero-order valence-electron chi connectivity index (χ0n) is 9.60. The van der Waals surface area contributed by atoms with Gasteiger partial charge in [-0.15, -0.1) is 0 Å². The van der Waals surface area contributed by atoms with Crippen molar-refractivity contribution in [1.29, 1.82) is 0 Å².